The molecule has 106 valence electrons. The molecule has 0 saturated heterocycles. The van der Waals surface area contributed by atoms with Crippen molar-refractivity contribution in [2.75, 3.05) is 13.2 Å². The predicted octanol–water partition coefficient (Wildman–Crippen LogP) is 0.911. The lowest BCUT2D eigenvalue weighted by molar-refractivity contribution is 0.163. The van der Waals surface area contributed by atoms with Crippen molar-refractivity contribution in [3.8, 4) is 11.5 Å². The summed E-state index contributed by atoms with van der Waals surface area (Å²) in [5, 5.41) is 22.3. The first-order valence-electron chi connectivity index (χ1n) is 6.13. The second-order valence-corrected chi connectivity index (χ2v) is 4.85. The monoisotopic (exact) mass is 296 g/mol. The highest BCUT2D eigenvalue weighted by molar-refractivity contribution is 6.32. The number of aromatic nitrogens is 4. The highest BCUT2D eigenvalue weighted by atomic mass is 35.5. The van der Waals surface area contributed by atoms with E-state index in [2.05, 4.69) is 15.4 Å². The first-order chi connectivity index (χ1) is 9.63. The Morgan fingerprint density at radius 1 is 1.40 bits per heavy atom. The second-order valence-electron chi connectivity index (χ2n) is 4.44. The highest BCUT2D eigenvalue weighted by Gasteiger charge is 2.20. The summed E-state index contributed by atoms with van der Waals surface area (Å²) in [4.78, 5) is 1.35. The van der Waals surface area contributed by atoms with Gasteiger partial charge >= 0.3 is 0 Å². The summed E-state index contributed by atoms with van der Waals surface area (Å²) in [6.45, 7) is 0.937. The van der Waals surface area contributed by atoms with Crippen molar-refractivity contribution in [3.05, 3.63) is 28.5 Å². The number of rotatable bonds is 3. The van der Waals surface area contributed by atoms with E-state index < -0.39 is 6.10 Å². The third-order valence-corrected chi connectivity index (χ3v) is 3.21. The SMILES string of the molecule is Cn1nnc(CC(O)c2cc(Cl)c3c(c2)OCCO3)n1. The van der Waals surface area contributed by atoms with E-state index in [4.69, 9.17) is 21.1 Å². The van der Waals surface area contributed by atoms with E-state index >= 15 is 0 Å². The summed E-state index contributed by atoms with van der Waals surface area (Å²) in [6.07, 6.45) is -0.531. The minimum Gasteiger partial charge on any atom is -0.486 e. The Bertz CT molecular complexity index is 631. The molecule has 0 aliphatic carbocycles. The van der Waals surface area contributed by atoms with Crippen molar-refractivity contribution in [2.45, 2.75) is 12.5 Å². The van der Waals surface area contributed by atoms with E-state index in [9.17, 15) is 5.11 Å². The van der Waals surface area contributed by atoms with Crippen LogP contribution in [0.15, 0.2) is 12.1 Å². The van der Waals surface area contributed by atoms with Crippen LogP contribution < -0.4 is 9.47 Å². The van der Waals surface area contributed by atoms with Crippen LogP contribution in [0.4, 0.5) is 0 Å². The minimum atomic E-state index is -0.785. The highest BCUT2D eigenvalue weighted by Crippen LogP contribution is 2.39. The maximum Gasteiger partial charge on any atom is 0.179 e. The Labute approximate surface area is 120 Å². The van der Waals surface area contributed by atoms with Gasteiger partial charge in [-0.05, 0) is 22.9 Å². The van der Waals surface area contributed by atoms with Crippen LogP contribution in [0.1, 0.15) is 17.5 Å². The van der Waals surface area contributed by atoms with Crippen molar-refractivity contribution in [3.63, 3.8) is 0 Å². The quantitative estimate of drug-likeness (QED) is 0.906. The summed E-state index contributed by atoms with van der Waals surface area (Å²) in [5.41, 5.74) is 0.631. The van der Waals surface area contributed by atoms with Gasteiger partial charge in [0.15, 0.2) is 17.3 Å². The zero-order valence-corrected chi connectivity index (χ0v) is 11.5. The Balaban J connectivity index is 1.84. The molecule has 3 rings (SSSR count). The molecule has 0 bridgehead atoms. The van der Waals surface area contributed by atoms with Gasteiger partial charge in [-0.3, -0.25) is 0 Å². The molecule has 1 atom stereocenters. The van der Waals surface area contributed by atoms with E-state index in [1.807, 2.05) is 0 Å². The van der Waals surface area contributed by atoms with Crippen LogP contribution in [-0.4, -0.2) is 38.5 Å². The molecule has 0 amide bonds. The van der Waals surface area contributed by atoms with Gasteiger partial charge in [-0.2, -0.15) is 4.80 Å². The number of aliphatic hydroxyl groups excluding tert-OH is 1. The van der Waals surface area contributed by atoms with Crippen molar-refractivity contribution >= 4 is 11.6 Å². The van der Waals surface area contributed by atoms with Gasteiger partial charge in [-0.25, -0.2) is 0 Å². The summed E-state index contributed by atoms with van der Waals surface area (Å²) in [6, 6.07) is 3.39. The third kappa shape index (κ3) is 2.54. The molecule has 2 heterocycles. The molecule has 7 nitrogen and oxygen atoms in total. The Morgan fingerprint density at radius 2 is 2.20 bits per heavy atom. The van der Waals surface area contributed by atoms with Crippen LogP contribution in [-0.2, 0) is 13.5 Å². The van der Waals surface area contributed by atoms with Gasteiger partial charge in [0.25, 0.3) is 0 Å². The Morgan fingerprint density at radius 3 is 2.95 bits per heavy atom. The van der Waals surface area contributed by atoms with Gasteiger partial charge in [-0.15, -0.1) is 10.2 Å². The van der Waals surface area contributed by atoms with Gasteiger partial charge in [0.2, 0.25) is 0 Å². The van der Waals surface area contributed by atoms with Crippen LogP contribution in [0.2, 0.25) is 5.02 Å². The van der Waals surface area contributed by atoms with Crippen LogP contribution in [0.25, 0.3) is 0 Å². The molecule has 0 fully saturated rings. The fourth-order valence-corrected chi connectivity index (χ4v) is 2.29. The first kappa shape index (κ1) is 13.1. The molecule has 0 radical (unpaired) electrons. The molecule has 1 aromatic heterocycles. The van der Waals surface area contributed by atoms with E-state index in [-0.39, 0.29) is 6.42 Å². The zero-order chi connectivity index (χ0) is 14.1. The van der Waals surface area contributed by atoms with Crippen molar-refractivity contribution in [1.82, 2.24) is 20.2 Å². The summed E-state index contributed by atoms with van der Waals surface area (Å²) in [5.74, 6) is 1.53. The van der Waals surface area contributed by atoms with E-state index in [1.54, 1.807) is 19.2 Å². The third-order valence-electron chi connectivity index (χ3n) is 2.93. The topological polar surface area (TPSA) is 82.3 Å². The van der Waals surface area contributed by atoms with Gasteiger partial charge in [0.1, 0.15) is 13.2 Å². The van der Waals surface area contributed by atoms with Crippen molar-refractivity contribution in [2.24, 2.45) is 7.05 Å². The number of hydrogen-bond acceptors (Lipinski definition) is 6. The minimum absolute atomic E-state index is 0.254. The lowest BCUT2D eigenvalue weighted by atomic mass is 10.1. The number of halogens is 1. The van der Waals surface area contributed by atoms with Crippen molar-refractivity contribution < 1.29 is 14.6 Å². The second kappa shape index (κ2) is 5.26. The molecule has 1 N–H and O–H groups in total. The average Bonchev–Trinajstić information content (AvgIpc) is 2.84. The number of nitrogens with zero attached hydrogens (tertiary/aromatic N) is 4. The zero-order valence-electron chi connectivity index (χ0n) is 10.8. The summed E-state index contributed by atoms with van der Waals surface area (Å²) >= 11 is 6.13. The maximum atomic E-state index is 10.2. The molecule has 0 spiro atoms. The Kier molecular flexibility index (Phi) is 3.45. The molecule has 8 heteroatoms. The number of aliphatic hydroxyl groups is 1. The van der Waals surface area contributed by atoms with E-state index in [0.29, 0.717) is 41.1 Å². The molecule has 0 saturated carbocycles. The number of fused-ring (bicyclic) bond motifs is 1. The van der Waals surface area contributed by atoms with Crippen LogP contribution in [0, 0.1) is 0 Å². The molecular weight excluding hydrogens is 284 g/mol. The molecule has 2 aromatic rings. The molecule has 1 aliphatic rings. The smallest absolute Gasteiger partial charge is 0.179 e. The summed E-state index contributed by atoms with van der Waals surface area (Å²) < 4.78 is 10.9. The van der Waals surface area contributed by atoms with Gasteiger partial charge < -0.3 is 14.6 Å². The lowest BCUT2D eigenvalue weighted by Crippen LogP contribution is -2.16. The lowest BCUT2D eigenvalue weighted by Gasteiger charge is -2.21. The molecular formula is C12H13ClN4O3. The number of benzene rings is 1. The fraction of sp³-hybridized carbons (Fsp3) is 0.417. The predicted molar refractivity (Wildman–Crippen MR) is 69.9 cm³/mol. The number of ether oxygens (including phenoxy) is 2. The largest absolute Gasteiger partial charge is 0.486 e. The first-order valence-corrected chi connectivity index (χ1v) is 6.51. The van der Waals surface area contributed by atoms with E-state index in [0.717, 1.165) is 0 Å². The van der Waals surface area contributed by atoms with Crippen molar-refractivity contribution in [1.29, 1.82) is 0 Å². The number of tetrazole rings is 1. The van der Waals surface area contributed by atoms with Crippen LogP contribution in [0.3, 0.4) is 0 Å². The summed E-state index contributed by atoms with van der Waals surface area (Å²) in [7, 11) is 1.67. The fourth-order valence-electron chi connectivity index (χ4n) is 2.02. The molecule has 1 aliphatic heterocycles. The normalized spacial score (nSPS) is 15.2. The van der Waals surface area contributed by atoms with Crippen LogP contribution in [0.5, 0.6) is 11.5 Å². The number of hydrogen-bond donors (Lipinski definition) is 1. The number of aryl methyl sites for hydroxylation is 1. The molecule has 1 unspecified atom stereocenters. The van der Waals surface area contributed by atoms with Gasteiger partial charge in [-0.1, -0.05) is 11.6 Å². The molecule has 20 heavy (non-hydrogen) atoms. The van der Waals surface area contributed by atoms with Gasteiger partial charge in [0, 0.05) is 6.42 Å². The average molecular weight is 297 g/mol. The maximum absolute atomic E-state index is 10.2. The van der Waals surface area contributed by atoms with E-state index in [1.165, 1.54) is 4.80 Å². The van der Waals surface area contributed by atoms with Gasteiger partial charge in [0.05, 0.1) is 18.2 Å². The molecule has 1 aromatic carbocycles. The Hall–Kier alpha value is -1.86. The standard InChI is InChI=1S/C12H13ClN4O3/c1-17-15-11(14-16-17)6-9(18)7-4-8(13)12-10(5-7)19-2-3-20-12/h4-5,9,18H,2-3,6H2,1H3. The van der Waals surface area contributed by atoms with Crippen LogP contribution >= 0.6 is 11.6 Å².